The van der Waals surface area contributed by atoms with Crippen LogP contribution in [-0.4, -0.2) is 115 Å². The highest BCUT2D eigenvalue weighted by atomic mass is 32.2. The summed E-state index contributed by atoms with van der Waals surface area (Å²) in [6.45, 7) is 6.55. The van der Waals surface area contributed by atoms with Crippen LogP contribution in [0.15, 0.2) is 24.3 Å². The van der Waals surface area contributed by atoms with Crippen molar-refractivity contribution in [3.05, 3.63) is 24.3 Å². The van der Waals surface area contributed by atoms with Crippen LogP contribution in [0.3, 0.4) is 0 Å². The Balaban J connectivity index is 0.786. The van der Waals surface area contributed by atoms with E-state index in [4.69, 9.17) is 10.5 Å². The highest BCUT2D eigenvalue weighted by Gasteiger charge is 2.60. The molecule has 0 bridgehead atoms. The molecule has 26 nitrogen and oxygen atoms in total. The Morgan fingerprint density at radius 1 is 0.987 bits per heavy atom. The summed E-state index contributed by atoms with van der Waals surface area (Å²) in [4.78, 5) is 124. The monoisotopic (exact) mass is 1130 g/mol. The molecule has 2 aromatic heterocycles. The fourth-order valence-corrected chi connectivity index (χ4v) is 15.7. The van der Waals surface area contributed by atoms with Gasteiger partial charge in [-0.1, -0.05) is 52.0 Å². The zero-order valence-corrected chi connectivity index (χ0v) is 45.6. The van der Waals surface area contributed by atoms with Gasteiger partial charge in [-0.15, -0.1) is 0 Å². The molecule has 1 aliphatic heterocycles. The zero-order valence-electron chi connectivity index (χ0n) is 42.1. The molecule has 30 heteroatoms. The number of nitrogens with one attached hydrogen (secondary N) is 2. The number of rotatable bonds is 23. The van der Waals surface area contributed by atoms with Gasteiger partial charge in [0.2, 0.25) is 11.8 Å². The number of anilines is 1. The minimum Gasteiger partial charge on any atom is -0.790 e. The van der Waals surface area contributed by atoms with Crippen molar-refractivity contribution in [2.24, 2.45) is 45.8 Å². The molecule has 14 atom stereocenters. The van der Waals surface area contributed by atoms with Crippen molar-refractivity contribution in [1.29, 1.82) is 0 Å². The van der Waals surface area contributed by atoms with E-state index >= 15 is 0 Å². The summed E-state index contributed by atoms with van der Waals surface area (Å²) < 4.78 is 61.1. The molecular weight excluding hydrogens is 1070 g/mol. The molecule has 5 aliphatic rings. The molecule has 0 spiro atoms. The summed E-state index contributed by atoms with van der Waals surface area (Å²) in [6, 6.07) is 0. The largest absolute Gasteiger partial charge is 0.790 e. The summed E-state index contributed by atoms with van der Waals surface area (Å²) in [5, 5.41) is 26.2. The number of hydrogen-bond acceptors (Lipinski definition) is 24. The number of aliphatic hydroxyl groups excluding tert-OH is 2. The lowest BCUT2D eigenvalue weighted by atomic mass is 9.46. The number of allylic oxidation sites excluding steroid dienone is 1. The van der Waals surface area contributed by atoms with E-state index in [1.54, 1.807) is 0 Å². The Bertz CT molecular complexity index is 2690. The topological polar surface area (TPSA) is 409 Å². The van der Waals surface area contributed by atoms with Gasteiger partial charge in [0.05, 0.1) is 33.8 Å². The summed E-state index contributed by atoms with van der Waals surface area (Å²) in [7, 11) is -17.7. The molecule has 1 saturated heterocycles. The molecule has 7 rings (SSSR count). The summed E-state index contributed by atoms with van der Waals surface area (Å²) in [6.07, 6.45) is 1.62. The Kier molecular flexibility index (Phi) is 18.3. The molecule has 0 aromatic carbocycles. The van der Waals surface area contributed by atoms with Gasteiger partial charge < -0.3 is 69.0 Å². The molecule has 2 aromatic rings. The maximum Gasteiger partial charge on any atom is 0.274 e. The number of amides is 2. The lowest BCUT2D eigenvalue weighted by molar-refractivity contribution is -0.347. The van der Waals surface area contributed by atoms with E-state index < -0.39 is 84.6 Å². The number of Topliss-reactive ketones (excluding diaryl/α,β-unsaturated/α-hetero) is 1. The van der Waals surface area contributed by atoms with Crippen LogP contribution < -0.4 is 35.9 Å². The number of fused-ring (bicyclic) bond motifs is 6. The van der Waals surface area contributed by atoms with E-state index in [2.05, 4.69) is 57.3 Å². The first-order valence-corrected chi connectivity index (χ1v) is 30.1. The lowest BCUT2D eigenvalue weighted by Gasteiger charge is -2.58. The maximum absolute atomic E-state index is 13.5. The fraction of sp³-hybridized carbons (Fsp3) is 0.733. The van der Waals surface area contributed by atoms with E-state index in [-0.39, 0.29) is 88.0 Å². The van der Waals surface area contributed by atoms with Gasteiger partial charge >= 0.3 is 0 Å². The number of phosphoric ester groups is 3. The maximum atomic E-state index is 13.5. The predicted octanol–water partition coefficient (Wildman–Crippen LogP) is 0.880. The van der Waals surface area contributed by atoms with Gasteiger partial charge in [0, 0.05) is 43.0 Å². The van der Waals surface area contributed by atoms with Crippen molar-refractivity contribution in [2.75, 3.05) is 37.8 Å². The number of carbonyl (C=O) groups is 5. The number of imidazole rings is 1. The number of nitrogen functional groups attached to an aromatic ring is 1. The van der Waals surface area contributed by atoms with Crippen molar-refractivity contribution < 1.29 is 90.1 Å². The molecule has 4 fully saturated rings. The normalized spacial score (nSPS) is 31.2. The molecule has 3 heterocycles. The summed E-state index contributed by atoms with van der Waals surface area (Å²) >= 11 is 0.944. The van der Waals surface area contributed by atoms with Gasteiger partial charge in [0.25, 0.3) is 15.6 Å². The summed E-state index contributed by atoms with van der Waals surface area (Å²) in [5.41, 5.74) is 5.44. The van der Waals surface area contributed by atoms with E-state index in [1.165, 1.54) is 19.4 Å². The second-order valence-electron chi connectivity index (χ2n) is 21.3. The first kappa shape index (κ1) is 59.3. The number of phosphoric acid groups is 3. The van der Waals surface area contributed by atoms with Crippen LogP contribution >= 0.6 is 35.2 Å². The average molecular weight is 1130 g/mol. The quantitative estimate of drug-likeness (QED) is 0.0586. The number of aromatic nitrogens is 4. The van der Waals surface area contributed by atoms with E-state index in [9.17, 15) is 67.5 Å². The fourth-order valence-electron chi connectivity index (χ4n) is 12.3. The van der Waals surface area contributed by atoms with Crippen LogP contribution in [0.5, 0.6) is 0 Å². The lowest BCUT2D eigenvalue weighted by Crippen LogP contribution is -2.51. The molecule has 3 saturated carbocycles. The van der Waals surface area contributed by atoms with Gasteiger partial charge in [-0.2, -0.15) is 0 Å². The van der Waals surface area contributed by atoms with Crippen LogP contribution in [-0.2, 0) is 60.3 Å². The third kappa shape index (κ3) is 13.6. The van der Waals surface area contributed by atoms with E-state index in [1.807, 2.05) is 13.0 Å². The first-order valence-electron chi connectivity index (χ1n) is 24.7. The van der Waals surface area contributed by atoms with Gasteiger partial charge in [0.1, 0.15) is 42.0 Å². The predicted molar refractivity (Wildman–Crippen MR) is 257 cm³/mol. The Morgan fingerprint density at radius 3 is 2.43 bits per heavy atom. The molecule has 14 unspecified atom stereocenters. The van der Waals surface area contributed by atoms with Crippen molar-refractivity contribution >= 4 is 80.7 Å². The van der Waals surface area contributed by atoms with Crippen LogP contribution in [0, 0.1) is 45.8 Å². The van der Waals surface area contributed by atoms with Crippen molar-refractivity contribution in [1.82, 2.24) is 30.2 Å². The number of thioether (sulfide) groups is 1. The number of ether oxygens (including phenoxy) is 1. The van der Waals surface area contributed by atoms with Crippen LogP contribution in [0.4, 0.5) is 5.82 Å². The first-order chi connectivity index (χ1) is 34.9. The minimum absolute atomic E-state index is 0.00870. The van der Waals surface area contributed by atoms with Crippen molar-refractivity contribution in [3.8, 4) is 0 Å². The van der Waals surface area contributed by atoms with E-state index in [0.29, 0.717) is 24.2 Å². The van der Waals surface area contributed by atoms with Gasteiger partial charge in [-0.25, -0.2) is 19.3 Å². The Labute approximate surface area is 436 Å². The van der Waals surface area contributed by atoms with Gasteiger partial charge in [-0.3, -0.25) is 37.7 Å². The van der Waals surface area contributed by atoms with Crippen LogP contribution in [0.25, 0.3) is 11.2 Å². The van der Waals surface area contributed by atoms with Crippen LogP contribution in [0.1, 0.15) is 105 Å². The molecule has 75 heavy (non-hydrogen) atoms. The van der Waals surface area contributed by atoms with Gasteiger partial charge in [-0.05, 0) is 85.5 Å². The summed E-state index contributed by atoms with van der Waals surface area (Å²) in [5.74, 6) is 0.238. The minimum atomic E-state index is -5.95. The number of aliphatic hydroxyl groups is 2. The third-order valence-corrected chi connectivity index (χ3v) is 20.1. The second-order valence-corrected chi connectivity index (χ2v) is 26.5. The highest BCUT2D eigenvalue weighted by molar-refractivity contribution is 8.13. The third-order valence-electron chi connectivity index (χ3n) is 16.2. The van der Waals surface area contributed by atoms with Crippen LogP contribution in [0.2, 0.25) is 0 Å². The number of nitrogens with two attached hydrogens (primary N) is 1. The standard InChI is InChI=1S/C45H68N7O19P3S/c1-24(28-8-9-29-27-7-6-25-18-26(53)10-13-44(25,4)30(27)11-14-45(28,29)5)31(54)19-34(56)75-17-16-47-33(55)12-15-48-41(59)38(58)43(2,3)21-68-74(65,66)71-73(63,64)67-20-32-37(70-72(60,61)62)36(57)42(69-32)52-23-51-35-39(46)49-22-50-40(35)52/h18,22-24,27-30,32,36-38,42,57-58H,6-17,19-21H2,1-5H3,(H,47,55)(H,48,59)(H,63,64)(H,65,66)(H2,46,49,50)(H2,60,61,62)/p-4. The molecule has 4 aliphatic carbocycles. The molecular formula is C45H64N7O19P3S-4. The van der Waals surface area contributed by atoms with Gasteiger partial charge in [0.15, 0.2) is 28.6 Å². The Hall–Kier alpha value is -3.36. The number of nitrogens with zero attached hydrogens (tertiary/aromatic N) is 4. The molecule has 418 valence electrons. The van der Waals surface area contributed by atoms with E-state index in [0.717, 1.165) is 73.9 Å². The number of hydrogen-bond donors (Lipinski definition) is 5. The Morgan fingerprint density at radius 2 is 1.71 bits per heavy atom. The smallest absolute Gasteiger partial charge is 0.274 e. The number of carbonyl (C=O) groups excluding carboxylic acids is 5. The average Bonchev–Trinajstić information content (AvgIpc) is 4.01. The molecule has 6 N–H and O–H groups in total. The molecule has 2 amide bonds. The van der Waals surface area contributed by atoms with Crippen molar-refractivity contribution in [2.45, 2.75) is 129 Å². The molecule has 0 radical (unpaired) electrons. The number of ketones is 2. The zero-order chi connectivity index (χ0) is 55.1. The SMILES string of the molecule is CC(C(=O)CC(=O)SCCNC(=O)CCNC(=O)C(O)C(C)(C)COP(=O)([O-])OP(=O)([O-])OCC1OC(n2cnc3c(N)ncnc32)C(O)C1OP(=O)([O-])[O-])C1CCC2C3CCC4=CC(=O)CCC4(C)C3CCC12C. The highest BCUT2D eigenvalue weighted by Crippen LogP contribution is 2.67. The second kappa shape index (κ2) is 23.2. The van der Waals surface area contributed by atoms with Crippen molar-refractivity contribution in [3.63, 3.8) is 0 Å².